The minimum atomic E-state index is -0.317. The van der Waals surface area contributed by atoms with Crippen molar-refractivity contribution in [2.24, 2.45) is 11.8 Å². The van der Waals surface area contributed by atoms with Crippen LogP contribution in [0.15, 0.2) is 24.3 Å². The van der Waals surface area contributed by atoms with Crippen LogP contribution in [-0.2, 0) is 0 Å². The molecule has 2 atom stereocenters. The van der Waals surface area contributed by atoms with Crippen LogP contribution in [0.5, 0.6) is 0 Å². The summed E-state index contributed by atoms with van der Waals surface area (Å²) in [6, 6.07) is 5.94. The first-order valence-corrected chi connectivity index (χ1v) is 9.88. The Bertz CT molecular complexity index is 820. The van der Waals surface area contributed by atoms with E-state index in [1.165, 1.54) is 18.6 Å². The van der Waals surface area contributed by atoms with Gasteiger partial charge in [0.2, 0.25) is 5.82 Å². The molecule has 1 aliphatic heterocycles. The van der Waals surface area contributed by atoms with Crippen molar-refractivity contribution in [3.8, 4) is 5.69 Å². The second-order valence-corrected chi connectivity index (χ2v) is 8.72. The van der Waals surface area contributed by atoms with Crippen LogP contribution in [0, 0.1) is 24.6 Å². The first-order valence-electron chi connectivity index (χ1n) is 9.88. The molecular formula is C21H30FN5O. The van der Waals surface area contributed by atoms with Crippen molar-refractivity contribution in [2.75, 3.05) is 19.6 Å². The summed E-state index contributed by atoms with van der Waals surface area (Å²) in [5.41, 5.74) is 0.523. The summed E-state index contributed by atoms with van der Waals surface area (Å²) in [5.74, 6) is 1.41. The van der Waals surface area contributed by atoms with Crippen LogP contribution in [0.2, 0.25) is 0 Å². The summed E-state index contributed by atoms with van der Waals surface area (Å²) < 4.78 is 14.7. The number of likely N-dealkylation sites (tertiary alicyclic amines) is 1. The monoisotopic (exact) mass is 387 g/mol. The van der Waals surface area contributed by atoms with Crippen molar-refractivity contribution in [1.82, 2.24) is 25.0 Å². The number of carbonyl (C=O) groups is 1. The molecule has 0 spiro atoms. The van der Waals surface area contributed by atoms with Crippen molar-refractivity contribution in [3.63, 3.8) is 0 Å². The fraction of sp³-hybridized carbons (Fsp3) is 0.571. The van der Waals surface area contributed by atoms with Crippen LogP contribution in [0.25, 0.3) is 5.69 Å². The second kappa shape index (κ2) is 7.99. The highest BCUT2D eigenvalue weighted by Crippen LogP contribution is 2.26. The third-order valence-corrected chi connectivity index (χ3v) is 5.45. The molecule has 152 valence electrons. The maximum atomic E-state index is 13.1. The minimum Gasteiger partial charge on any atom is -0.347 e. The van der Waals surface area contributed by atoms with Crippen molar-refractivity contribution in [1.29, 1.82) is 0 Å². The average Bonchev–Trinajstić information content (AvgIpc) is 3.01. The molecule has 2 heterocycles. The molecule has 0 saturated carbocycles. The molecule has 0 aliphatic carbocycles. The van der Waals surface area contributed by atoms with Crippen LogP contribution in [0.1, 0.15) is 50.6 Å². The van der Waals surface area contributed by atoms with Gasteiger partial charge in [0, 0.05) is 25.2 Å². The highest BCUT2D eigenvalue weighted by atomic mass is 19.1. The lowest BCUT2D eigenvalue weighted by Crippen LogP contribution is -2.56. The molecule has 1 aromatic heterocycles. The van der Waals surface area contributed by atoms with Gasteiger partial charge in [-0.15, -0.1) is 5.10 Å². The van der Waals surface area contributed by atoms with E-state index < -0.39 is 0 Å². The maximum Gasteiger partial charge on any atom is 0.291 e. The highest BCUT2D eigenvalue weighted by Gasteiger charge is 2.33. The van der Waals surface area contributed by atoms with E-state index in [-0.39, 0.29) is 23.1 Å². The van der Waals surface area contributed by atoms with Crippen LogP contribution in [0.3, 0.4) is 0 Å². The molecule has 6 nitrogen and oxygen atoms in total. The molecule has 1 N–H and O–H groups in total. The third kappa shape index (κ3) is 4.58. The molecular weight excluding hydrogens is 357 g/mol. The van der Waals surface area contributed by atoms with E-state index in [9.17, 15) is 9.18 Å². The largest absolute Gasteiger partial charge is 0.347 e. The van der Waals surface area contributed by atoms with Crippen molar-refractivity contribution >= 4 is 5.91 Å². The van der Waals surface area contributed by atoms with Gasteiger partial charge in [0.1, 0.15) is 11.6 Å². The van der Waals surface area contributed by atoms with Gasteiger partial charge in [-0.25, -0.2) is 14.1 Å². The number of hydrogen-bond donors (Lipinski definition) is 1. The number of halogens is 1. The second-order valence-electron chi connectivity index (χ2n) is 8.72. The molecule has 1 amide bonds. The number of carbonyl (C=O) groups excluding carboxylic acids is 1. The Hall–Kier alpha value is -2.28. The molecule has 7 heteroatoms. The Morgan fingerprint density at radius 3 is 2.43 bits per heavy atom. The average molecular weight is 388 g/mol. The Morgan fingerprint density at radius 1 is 1.21 bits per heavy atom. The van der Waals surface area contributed by atoms with Crippen LogP contribution >= 0.6 is 0 Å². The third-order valence-electron chi connectivity index (χ3n) is 5.45. The molecule has 1 fully saturated rings. The number of benzene rings is 1. The number of piperidine rings is 1. The zero-order chi connectivity index (χ0) is 20.5. The van der Waals surface area contributed by atoms with Crippen LogP contribution in [-0.4, -0.2) is 50.7 Å². The summed E-state index contributed by atoms with van der Waals surface area (Å²) in [6.07, 6.45) is 1.25. The van der Waals surface area contributed by atoms with Gasteiger partial charge < -0.3 is 5.32 Å². The van der Waals surface area contributed by atoms with E-state index in [1.54, 1.807) is 23.7 Å². The molecule has 1 aromatic carbocycles. The van der Waals surface area contributed by atoms with E-state index in [4.69, 9.17) is 0 Å². The lowest BCUT2D eigenvalue weighted by Gasteiger charge is -2.45. The molecule has 2 unspecified atom stereocenters. The van der Waals surface area contributed by atoms with Crippen LogP contribution in [0.4, 0.5) is 4.39 Å². The predicted octanol–water partition coefficient (Wildman–Crippen LogP) is 3.20. The summed E-state index contributed by atoms with van der Waals surface area (Å²) in [5, 5.41) is 7.29. The summed E-state index contributed by atoms with van der Waals surface area (Å²) >= 11 is 0. The summed E-state index contributed by atoms with van der Waals surface area (Å²) in [4.78, 5) is 19.4. The summed E-state index contributed by atoms with van der Waals surface area (Å²) in [6.45, 7) is 13.3. The molecule has 28 heavy (non-hydrogen) atoms. The minimum absolute atomic E-state index is 0.123. The van der Waals surface area contributed by atoms with E-state index in [2.05, 4.69) is 48.0 Å². The molecule has 0 bridgehead atoms. The van der Waals surface area contributed by atoms with Gasteiger partial charge in [-0.2, -0.15) is 0 Å². The Morgan fingerprint density at radius 2 is 1.82 bits per heavy atom. The number of hydrogen-bond acceptors (Lipinski definition) is 4. The van der Waals surface area contributed by atoms with Gasteiger partial charge >= 0.3 is 0 Å². The first-order chi connectivity index (χ1) is 13.2. The van der Waals surface area contributed by atoms with Gasteiger partial charge in [0.25, 0.3) is 5.91 Å². The number of aryl methyl sites for hydroxylation is 1. The quantitative estimate of drug-likeness (QED) is 0.856. The van der Waals surface area contributed by atoms with E-state index in [1.807, 2.05) is 0 Å². The molecule has 0 radical (unpaired) electrons. The highest BCUT2D eigenvalue weighted by molar-refractivity contribution is 5.90. The summed E-state index contributed by atoms with van der Waals surface area (Å²) in [7, 11) is 0. The van der Waals surface area contributed by atoms with Crippen LogP contribution < -0.4 is 5.32 Å². The standard InChI is InChI=1S/C21H30FN5O/c1-14-10-15(2)12-26(11-14)21(4,5)13-23-20(28)19-24-16(3)27(25-19)18-8-6-17(22)7-9-18/h6-9,14-15H,10-13H2,1-5H3,(H,23,28). The molecule has 1 saturated heterocycles. The van der Waals surface area contributed by atoms with E-state index in [0.717, 1.165) is 13.1 Å². The van der Waals surface area contributed by atoms with Gasteiger partial charge in [-0.3, -0.25) is 9.69 Å². The Kier molecular flexibility index (Phi) is 5.84. The molecule has 1 aliphatic rings. The maximum absolute atomic E-state index is 13.1. The Balaban J connectivity index is 1.66. The fourth-order valence-corrected chi connectivity index (χ4v) is 3.96. The number of nitrogens with one attached hydrogen (secondary N) is 1. The lowest BCUT2D eigenvalue weighted by molar-refractivity contribution is 0.0443. The normalized spacial score (nSPS) is 20.9. The number of rotatable bonds is 5. The van der Waals surface area contributed by atoms with Gasteiger partial charge in [0.15, 0.2) is 0 Å². The topological polar surface area (TPSA) is 63.1 Å². The first kappa shape index (κ1) is 20.5. The zero-order valence-electron chi connectivity index (χ0n) is 17.4. The zero-order valence-corrected chi connectivity index (χ0v) is 17.4. The smallest absolute Gasteiger partial charge is 0.291 e. The molecule has 2 aromatic rings. The number of nitrogens with zero attached hydrogens (tertiary/aromatic N) is 4. The van der Waals surface area contributed by atoms with E-state index >= 15 is 0 Å². The SMILES string of the molecule is Cc1nc(C(=O)NCC(C)(C)N2CC(C)CC(C)C2)nn1-c1ccc(F)cc1. The number of aromatic nitrogens is 3. The van der Waals surface area contributed by atoms with Crippen molar-refractivity contribution in [2.45, 2.75) is 46.6 Å². The van der Waals surface area contributed by atoms with E-state index in [0.29, 0.717) is 29.9 Å². The van der Waals surface area contributed by atoms with Crippen molar-refractivity contribution in [3.05, 3.63) is 41.7 Å². The molecule has 3 rings (SSSR count). The van der Waals surface area contributed by atoms with Gasteiger partial charge in [-0.1, -0.05) is 13.8 Å². The van der Waals surface area contributed by atoms with Gasteiger partial charge in [-0.05, 0) is 63.3 Å². The van der Waals surface area contributed by atoms with Gasteiger partial charge in [0.05, 0.1) is 5.69 Å². The number of amides is 1. The Labute approximate surface area is 166 Å². The fourth-order valence-electron chi connectivity index (χ4n) is 3.96. The lowest BCUT2D eigenvalue weighted by atomic mass is 9.88. The predicted molar refractivity (Wildman–Crippen MR) is 107 cm³/mol. The van der Waals surface area contributed by atoms with Crippen molar-refractivity contribution < 1.29 is 9.18 Å².